The van der Waals surface area contributed by atoms with E-state index < -0.39 is 0 Å². The fraction of sp³-hybridized carbons (Fsp3) is 0.375. The van der Waals surface area contributed by atoms with Crippen molar-refractivity contribution in [3.8, 4) is 0 Å². The number of aryl methyl sites for hydroxylation is 1. The van der Waals surface area contributed by atoms with Gasteiger partial charge in [-0.15, -0.1) is 0 Å². The van der Waals surface area contributed by atoms with Crippen molar-refractivity contribution >= 4 is 5.82 Å². The maximum Gasteiger partial charge on any atom is 0.256 e. The van der Waals surface area contributed by atoms with Gasteiger partial charge in [-0.05, 0) is 36.8 Å². The number of aromatic amines is 1. The molecule has 1 aromatic heterocycles. The minimum absolute atomic E-state index is 0.0990. The van der Waals surface area contributed by atoms with Crippen molar-refractivity contribution in [3.05, 3.63) is 57.1 Å². The molecule has 3 N–H and O–H groups in total. The third-order valence-corrected chi connectivity index (χ3v) is 4.12. The van der Waals surface area contributed by atoms with Crippen LogP contribution in [0.3, 0.4) is 0 Å². The second-order valence-electron chi connectivity index (χ2n) is 5.31. The van der Waals surface area contributed by atoms with Crippen LogP contribution >= 0.6 is 0 Å². The Kier molecular flexibility index (Phi) is 3.30. The van der Waals surface area contributed by atoms with Crippen molar-refractivity contribution in [2.75, 3.05) is 5.73 Å². The minimum Gasteiger partial charge on any atom is -0.383 e. The summed E-state index contributed by atoms with van der Waals surface area (Å²) in [6, 6.07) is 8.39. The molecule has 0 fully saturated rings. The Morgan fingerprint density at radius 1 is 1.40 bits per heavy atom. The Bertz CT molecular complexity index is 690. The molecule has 1 heterocycles. The van der Waals surface area contributed by atoms with Gasteiger partial charge in [-0.1, -0.05) is 31.2 Å². The number of benzene rings is 1. The normalized spacial score (nSPS) is 17.8. The molecule has 0 amide bonds. The van der Waals surface area contributed by atoms with Gasteiger partial charge in [0.15, 0.2) is 0 Å². The molecule has 0 radical (unpaired) electrons. The summed E-state index contributed by atoms with van der Waals surface area (Å²) in [5, 5.41) is 0. The first-order chi connectivity index (χ1) is 9.70. The summed E-state index contributed by atoms with van der Waals surface area (Å²) in [7, 11) is 0. The average molecular weight is 269 g/mol. The van der Waals surface area contributed by atoms with E-state index in [1.54, 1.807) is 0 Å². The van der Waals surface area contributed by atoms with E-state index in [0.29, 0.717) is 23.6 Å². The first kappa shape index (κ1) is 12.9. The van der Waals surface area contributed by atoms with Gasteiger partial charge in [-0.2, -0.15) is 0 Å². The maximum atomic E-state index is 12.1. The second-order valence-corrected chi connectivity index (χ2v) is 5.31. The predicted molar refractivity (Wildman–Crippen MR) is 79.9 cm³/mol. The number of nitrogens with zero attached hydrogens (tertiary/aromatic N) is 1. The van der Waals surface area contributed by atoms with Crippen molar-refractivity contribution in [1.29, 1.82) is 0 Å². The van der Waals surface area contributed by atoms with Crippen molar-refractivity contribution in [2.24, 2.45) is 0 Å². The molecule has 4 nitrogen and oxygen atoms in total. The number of anilines is 1. The molecule has 1 aromatic carbocycles. The highest BCUT2D eigenvalue weighted by Crippen LogP contribution is 2.34. The number of nitrogens with one attached hydrogen (secondary N) is 1. The van der Waals surface area contributed by atoms with E-state index in [0.717, 1.165) is 19.3 Å². The lowest BCUT2D eigenvalue weighted by atomic mass is 9.82. The minimum atomic E-state index is -0.0990. The van der Waals surface area contributed by atoms with Crippen molar-refractivity contribution < 1.29 is 0 Å². The molecular weight excluding hydrogens is 250 g/mol. The van der Waals surface area contributed by atoms with Crippen LogP contribution in [0.25, 0.3) is 0 Å². The van der Waals surface area contributed by atoms with E-state index in [-0.39, 0.29) is 11.5 Å². The van der Waals surface area contributed by atoms with Gasteiger partial charge in [0, 0.05) is 5.92 Å². The average Bonchev–Trinajstić information content (AvgIpc) is 2.46. The fourth-order valence-corrected chi connectivity index (χ4v) is 3.08. The molecule has 0 bridgehead atoms. The number of hydrogen-bond donors (Lipinski definition) is 2. The van der Waals surface area contributed by atoms with Crippen molar-refractivity contribution in [2.45, 2.75) is 38.5 Å². The molecule has 0 spiro atoms. The van der Waals surface area contributed by atoms with E-state index in [1.165, 1.54) is 11.1 Å². The third-order valence-electron chi connectivity index (χ3n) is 4.12. The van der Waals surface area contributed by atoms with Crippen LogP contribution in [0.1, 0.15) is 48.2 Å². The molecule has 1 atom stereocenters. The van der Waals surface area contributed by atoms with Crippen LogP contribution in [0.4, 0.5) is 5.82 Å². The lowest BCUT2D eigenvalue weighted by molar-refractivity contribution is 0.588. The van der Waals surface area contributed by atoms with E-state index in [9.17, 15) is 4.79 Å². The molecule has 2 aromatic rings. The van der Waals surface area contributed by atoms with Crippen LogP contribution in [0.2, 0.25) is 0 Å². The largest absolute Gasteiger partial charge is 0.383 e. The smallest absolute Gasteiger partial charge is 0.256 e. The molecule has 1 unspecified atom stereocenters. The number of rotatable bonds is 2. The maximum absolute atomic E-state index is 12.1. The van der Waals surface area contributed by atoms with E-state index in [4.69, 9.17) is 5.73 Å². The van der Waals surface area contributed by atoms with Crippen LogP contribution in [0.5, 0.6) is 0 Å². The number of fused-ring (bicyclic) bond motifs is 1. The highest BCUT2D eigenvalue weighted by Gasteiger charge is 2.24. The van der Waals surface area contributed by atoms with Gasteiger partial charge in [0.2, 0.25) is 0 Å². The number of nitrogens with two attached hydrogens (primary N) is 1. The second kappa shape index (κ2) is 5.12. The molecule has 4 heteroatoms. The van der Waals surface area contributed by atoms with Crippen molar-refractivity contribution in [3.63, 3.8) is 0 Å². The number of nitrogen functional groups attached to an aromatic ring is 1. The molecule has 0 aliphatic heterocycles. The molecule has 3 rings (SSSR count). The molecule has 104 valence electrons. The highest BCUT2D eigenvalue weighted by atomic mass is 16.1. The molecule has 20 heavy (non-hydrogen) atoms. The Morgan fingerprint density at radius 2 is 2.20 bits per heavy atom. The van der Waals surface area contributed by atoms with Gasteiger partial charge < -0.3 is 10.7 Å². The lowest BCUT2D eigenvalue weighted by Gasteiger charge is -2.25. The van der Waals surface area contributed by atoms with Crippen LogP contribution in [-0.2, 0) is 12.8 Å². The quantitative estimate of drug-likeness (QED) is 0.879. The van der Waals surface area contributed by atoms with Gasteiger partial charge in [0.1, 0.15) is 11.6 Å². The van der Waals surface area contributed by atoms with Gasteiger partial charge in [-0.25, -0.2) is 4.98 Å². The zero-order chi connectivity index (χ0) is 14.1. The molecule has 0 saturated heterocycles. The first-order valence-electron chi connectivity index (χ1n) is 7.17. The van der Waals surface area contributed by atoms with E-state index >= 15 is 0 Å². The fourth-order valence-electron chi connectivity index (χ4n) is 3.08. The zero-order valence-corrected chi connectivity index (χ0v) is 11.6. The number of aromatic nitrogens is 2. The van der Waals surface area contributed by atoms with Crippen LogP contribution < -0.4 is 11.3 Å². The van der Waals surface area contributed by atoms with Gasteiger partial charge in [0.25, 0.3) is 5.56 Å². The Hall–Kier alpha value is -2.10. The molecular formula is C16H19N3O. The van der Waals surface area contributed by atoms with Gasteiger partial charge >= 0.3 is 0 Å². The molecule has 1 aliphatic carbocycles. The van der Waals surface area contributed by atoms with E-state index in [2.05, 4.69) is 28.2 Å². The Morgan fingerprint density at radius 3 is 2.95 bits per heavy atom. The number of H-pyrrole nitrogens is 1. The summed E-state index contributed by atoms with van der Waals surface area (Å²) < 4.78 is 0. The van der Waals surface area contributed by atoms with Crippen LogP contribution in [-0.4, -0.2) is 9.97 Å². The predicted octanol–water partition coefficient (Wildman–Crippen LogP) is 2.38. The summed E-state index contributed by atoms with van der Waals surface area (Å²) in [6.45, 7) is 1.91. The van der Waals surface area contributed by atoms with Crippen LogP contribution in [0.15, 0.2) is 29.1 Å². The zero-order valence-electron chi connectivity index (χ0n) is 11.6. The summed E-state index contributed by atoms with van der Waals surface area (Å²) in [6.07, 6.45) is 3.82. The Balaban J connectivity index is 2.09. The summed E-state index contributed by atoms with van der Waals surface area (Å²) in [5.41, 5.74) is 9.03. The first-order valence-corrected chi connectivity index (χ1v) is 7.17. The third kappa shape index (κ3) is 2.11. The summed E-state index contributed by atoms with van der Waals surface area (Å²) in [4.78, 5) is 19.5. The Labute approximate surface area is 118 Å². The van der Waals surface area contributed by atoms with Crippen molar-refractivity contribution in [1.82, 2.24) is 9.97 Å². The summed E-state index contributed by atoms with van der Waals surface area (Å²) >= 11 is 0. The molecule has 1 aliphatic rings. The standard InChI is InChI=1S/C16H19N3O/c1-2-11-14(17)18-15(19-16(11)20)13-9-5-7-10-6-3-4-8-12(10)13/h3-4,6,8,13H,2,5,7,9H2,1H3,(H3,17,18,19,20). The lowest BCUT2D eigenvalue weighted by Crippen LogP contribution is -2.23. The van der Waals surface area contributed by atoms with Crippen LogP contribution in [0, 0.1) is 0 Å². The van der Waals surface area contributed by atoms with E-state index in [1.807, 2.05) is 13.0 Å². The SMILES string of the molecule is CCc1c(N)nc(C2CCCc3ccccc32)[nH]c1=O. The summed E-state index contributed by atoms with van der Waals surface area (Å²) in [5.74, 6) is 1.23. The van der Waals surface area contributed by atoms with Gasteiger partial charge in [0.05, 0.1) is 5.56 Å². The number of hydrogen-bond acceptors (Lipinski definition) is 3. The molecule has 0 saturated carbocycles. The topological polar surface area (TPSA) is 71.8 Å². The van der Waals surface area contributed by atoms with Gasteiger partial charge in [-0.3, -0.25) is 4.79 Å². The highest BCUT2D eigenvalue weighted by molar-refractivity contribution is 5.41. The monoisotopic (exact) mass is 269 g/mol.